The van der Waals surface area contributed by atoms with E-state index in [9.17, 15) is 8.42 Å². The van der Waals surface area contributed by atoms with Crippen LogP contribution in [0.25, 0.3) is 0 Å². The van der Waals surface area contributed by atoms with Crippen molar-refractivity contribution in [1.29, 1.82) is 0 Å². The van der Waals surface area contributed by atoms with Gasteiger partial charge in [0.15, 0.2) is 0 Å². The Morgan fingerprint density at radius 3 is 2.79 bits per heavy atom. The van der Waals surface area contributed by atoms with E-state index in [1.807, 2.05) is 6.07 Å². The average Bonchev–Trinajstić information content (AvgIpc) is 2.34. The molecule has 0 amide bonds. The van der Waals surface area contributed by atoms with Crippen LogP contribution in [0.5, 0.6) is 5.75 Å². The minimum atomic E-state index is -3.29. The van der Waals surface area contributed by atoms with Crippen LogP contribution in [0.1, 0.15) is 25.8 Å². The molecule has 0 spiro atoms. The van der Waals surface area contributed by atoms with Gasteiger partial charge in [-0.05, 0) is 42.5 Å². The zero-order valence-electron chi connectivity index (χ0n) is 11.7. The normalized spacial score (nSPS) is 18.3. The zero-order chi connectivity index (χ0) is 14.0. The lowest BCUT2D eigenvalue weighted by Crippen LogP contribution is -2.33. The monoisotopic (exact) mass is 283 g/mol. The summed E-state index contributed by atoms with van der Waals surface area (Å²) in [6, 6.07) is 5.26. The third-order valence-electron chi connectivity index (χ3n) is 3.38. The molecule has 1 aromatic rings. The van der Waals surface area contributed by atoms with Gasteiger partial charge in [0.1, 0.15) is 5.75 Å². The molecule has 0 radical (unpaired) electrons. The molecule has 1 aliphatic rings. The van der Waals surface area contributed by atoms with Crippen molar-refractivity contribution in [2.45, 2.75) is 31.6 Å². The van der Waals surface area contributed by atoms with Crippen molar-refractivity contribution >= 4 is 10.0 Å². The van der Waals surface area contributed by atoms with E-state index >= 15 is 0 Å². The van der Waals surface area contributed by atoms with Gasteiger partial charge in [-0.25, -0.2) is 12.7 Å². The second-order valence-corrected chi connectivity index (χ2v) is 7.39. The summed E-state index contributed by atoms with van der Waals surface area (Å²) in [6.45, 7) is 5.51. The van der Waals surface area contributed by atoms with Crippen molar-refractivity contribution in [2.24, 2.45) is 5.92 Å². The molecule has 0 saturated heterocycles. The molecule has 0 bridgehead atoms. The molecule has 4 nitrogen and oxygen atoms in total. The van der Waals surface area contributed by atoms with Gasteiger partial charge in [-0.15, -0.1) is 0 Å². The summed E-state index contributed by atoms with van der Waals surface area (Å²) in [5, 5.41) is 0. The Morgan fingerprint density at radius 2 is 2.11 bits per heavy atom. The van der Waals surface area contributed by atoms with Crippen molar-refractivity contribution in [1.82, 2.24) is 4.31 Å². The summed E-state index contributed by atoms with van der Waals surface area (Å²) in [6.07, 6.45) is 1.74. The Bertz CT molecular complexity index is 552. The van der Waals surface area contributed by atoms with Gasteiger partial charge in [-0.3, -0.25) is 0 Å². The topological polar surface area (TPSA) is 46.6 Å². The van der Waals surface area contributed by atoms with Crippen LogP contribution in [0.4, 0.5) is 0 Å². The Morgan fingerprint density at radius 1 is 1.37 bits per heavy atom. The van der Waals surface area contributed by atoms with E-state index in [1.54, 1.807) is 19.2 Å². The highest BCUT2D eigenvalue weighted by Gasteiger charge is 2.28. The Balaban J connectivity index is 2.17. The molecule has 0 unspecified atom stereocenters. The largest absolute Gasteiger partial charge is 0.494 e. The van der Waals surface area contributed by atoms with Crippen LogP contribution in [-0.4, -0.2) is 32.9 Å². The summed E-state index contributed by atoms with van der Waals surface area (Å²) in [5.41, 5.74) is 0.861. The Hall–Kier alpha value is -1.07. The van der Waals surface area contributed by atoms with Gasteiger partial charge < -0.3 is 4.74 Å². The highest BCUT2D eigenvalue weighted by molar-refractivity contribution is 7.89. The standard InChI is InChI=1S/C14H21NO3S/c1-11(2)7-9-18-13-4-5-14-12(10-13)6-8-15(3)19(14,16)17/h4-5,10-11H,6-9H2,1-3H3. The van der Waals surface area contributed by atoms with Gasteiger partial charge in [0.25, 0.3) is 0 Å². The Kier molecular flexibility index (Phi) is 4.16. The molecule has 1 aliphatic heterocycles. The first-order valence-electron chi connectivity index (χ1n) is 6.63. The van der Waals surface area contributed by atoms with E-state index in [2.05, 4.69) is 13.8 Å². The lowest BCUT2D eigenvalue weighted by atomic mass is 10.1. The molecule has 2 rings (SSSR count). The number of sulfonamides is 1. The van der Waals surface area contributed by atoms with Crippen LogP contribution in [0.3, 0.4) is 0 Å². The first-order chi connectivity index (χ1) is 8.91. The van der Waals surface area contributed by atoms with Crippen molar-refractivity contribution < 1.29 is 13.2 Å². The van der Waals surface area contributed by atoms with Gasteiger partial charge in [-0.2, -0.15) is 0 Å². The number of benzene rings is 1. The second kappa shape index (κ2) is 5.51. The van der Waals surface area contributed by atoms with Gasteiger partial charge in [0.05, 0.1) is 11.5 Å². The quantitative estimate of drug-likeness (QED) is 0.851. The molecule has 0 aromatic heterocycles. The second-order valence-electron chi connectivity index (χ2n) is 5.38. The van der Waals surface area contributed by atoms with E-state index in [4.69, 9.17) is 4.74 Å². The number of ether oxygens (including phenoxy) is 1. The van der Waals surface area contributed by atoms with E-state index in [1.165, 1.54) is 4.31 Å². The molecular formula is C14H21NO3S. The summed E-state index contributed by atoms with van der Waals surface area (Å²) < 4.78 is 31.3. The number of likely N-dealkylation sites (N-methyl/N-ethyl adjacent to an activating group) is 1. The predicted molar refractivity (Wildman–Crippen MR) is 74.9 cm³/mol. The summed E-state index contributed by atoms with van der Waals surface area (Å²) in [7, 11) is -1.68. The Labute approximate surface area is 115 Å². The smallest absolute Gasteiger partial charge is 0.243 e. The summed E-state index contributed by atoms with van der Waals surface area (Å²) >= 11 is 0. The molecule has 0 aliphatic carbocycles. The first-order valence-corrected chi connectivity index (χ1v) is 8.07. The fourth-order valence-corrected chi connectivity index (χ4v) is 3.47. The highest BCUT2D eigenvalue weighted by atomic mass is 32.2. The van der Waals surface area contributed by atoms with Crippen molar-refractivity contribution in [3.63, 3.8) is 0 Å². The number of hydrogen-bond acceptors (Lipinski definition) is 3. The molecule has 19 heavy (non-hydrogen) atoms. The molecule has 106 valence electrons. The van der Waals surface area contributed by atoms with Crippen LogP contribution in [0.15, 0.2) is 23.1 Å². The van der Waals surface area contributed by atoms with Crippen LogP contribution in [-0.2, 0) is 16.4 Å². The van der Waals surface area contributed by atoms with Crippen molar-refractivity contribution in [3.05, 3.63) is 23.8 Å². The third-order valence-corrected chi connectivity index (χ3v) is 5.34. The van der Waals surface area contributed by atoms with E-state index in [0.29, 0.717) is 24.0 Å². The summed E-state index contributed by atoms with van der Waals surface area (Å²) in [4.78, 5) is 0.414. The van der Waals surface area contributed by atoms with E-state index in [0.717, 1.165) is 24.2 Å². The molecule has 0 N–H and O–H groups in total. The van der Waals surface area contributed by atoms with E-state index in [-0.39, 0.29) is 0 Å². The average molecular weight is 283 g/mol. The fraction of sp³-hybridized carbons (Fsp3) is 0.571. The first kappa shape index (κ1) is 14.3. The lowest BCUT2D eigenvalue weighted by Gasteiger charge is -2.25. The van der Waals surface area contributed by atoms with Crippen LogP contribution in [0, 0.1) is 5.92 Å². The number of rotatable bonds is 4. The third kappa shape index (κ3) is 3.09. The van der Waals surface area contributed by atoms with Crippen LogP contribution < -0.4 is 4.74 Å². The number of hydrogen-bond donors (Lipinski definition) is 0. The molecular weight excluding hydrogens is 262 g/mol. The SMILES string of the molecule is CC(C)CCOc1ccc2c(c1)CCN(C)S2(=O)=O. The number of nitrogens with zero attached hydrogens (tertiary/aromatic N) is 1. The lowest BCUT2D eigenvalue weighted by molar-refractivity contribution is 0.289. The zero-order valence-corrected chi connectivity index (χ0v) is 12.5. The summed E-state index contributed by atoms with van der Waals surface area (Å²) in [5.74, 6) is 1.37. The predicted octanol–water partition coefficient (Wildman–Crippen LogP) is 2.29. The number of fused-ring (bicyclic) bond motifs is 1. The van der Waals surface area contributed by atoms with Crippen molar-refractivity contribution in [3.8, 4) is 5.75 Å². The maximum absolute atomic E-state index is 12.1. The minimum absolute atomic E-state index is 0.414. The molecule has 0 atom stereocenters. The highest BCUT2D eigenvalue weighted by Crippen LogP contribution is 2.28. The van der Waals surface area contributed by atoms with Crippen molar-refractivity contribution in [2.75, 3.05) is 20.2 Å². The molecule has 1 heterocycles. The fourth-order valence-electron chi connectivity index (χ4n) is 2.07. The molecule has 1 aromatic carbocycles. The van der Waals surface area contributed by atoms with E-state index < -0.39 is 10.0 Å². The maximum Gasteiger partial charge on any atom is 0.243 e. The minimum Gasteiger partial charge on any atom is -0.494 e. The van der Waals surface area contributed by atoms with Crippen LogP contribution in [0.2, 0.25) is 0 Å². The maximum atomic E-state index is 12.1. The molecule has 0 fully saturated rings. The van der Waals surface area contributed by atoms with Gasteiger partial charge >= 0.3 is 0 Å². The molecule has 0 saturated carbocycles. The molecule has 5 heteroatoms. The van der Waals surface area contributed by atoms with Crippen LogP contribution >= 0.6 is 0 Å². The van der Waals surface area contributed by atoms with Gasteiger partial charge in [0.2, 0.25) is 10.0 Å². The van der Waals surface area contributed by atoms with Gasteiger partial charge in [0, 0.05) is 13.6 Å². The van der Waals surface area contributed by atoms with Gasteiger partial charge in [-0.1, -0.05) is 13.8 Å².